The molecule has 3 rings (SSSR count). The number of halogens is 3. The number of nitrogens with zero attached hydrogens (tertiary/aromatic N) is 2. The minimum atomic E-state index is -4.43. The van der Waals surface area contributed by atoms with Crippen LogP contribution in [-0.4, -0.2) is 71.8 Å². The van der Waals surface area contributed by atoms with E-state index in [2.05, 4.69) is 15.6 Å². The van der Waals surface area contributed by atoms with Gasteiger partial charge in [0.25, 0.3) is 0 Å². The normalized spacial score (nSPS) is 20.2. The lowest BCUT2D eigenvalue weighted by Crippen LogP contribution is -2.38. The maximum atomic E-state index is 13.7. The second-order valence-corrected chi connectivity index (χ2v) is 7.50. The summed E-state index contributed by atoms with van der Waals surface area (Å²) < 4.78 is 57.3. The first kappa shape index (κ1) is 23.6. The minimum Gasteiger partial charge on any atom is -0.379 e. The Kier molecular flexibility index (Phi) is 8.79. The largest absolute Gasteiger partial charge is 0.416 e. The zero-order valence-electron chi connectivity index (χ0n) is 17.8. The second kappa shape index (κ2) is 11.5. The van der Waals surface area contributed by atoms with Crippen LogP contribution in [0.1, 0.15) is 24.0 Å². The highest BCUT2D eigenvalue weighted by molar-refractivity contribution is 5.79. The Balaban J connectivity index is 1.51. The van der Waals surface area contributed by atoms with Gasteiger partial charge in [-0.1, -0.05) is 6.07 Å². The average Bonchev–Trinajstić information content (AvgIpc) is 3.29. The Morgan fingerprint density at radius 3 is 2.68 bits per heavy atom. The first-order valence-electron chi connectivity index (χ1n) is 10.6. The third-order valence-electron chi connectivity index (χ3n) is 5.30. The van der Waals surface area contributed by atoms with Crippen molar-refractivity contribution in [2.45, 2.75) is 31.7 Å². The number of aliphatic imine (C=N–C) groups is 1. The highest BCUT2D eigenvalue weighted by Gasteiger charge is 2.34. The fourth-order valence-electron chi connectivity index (χ4n) is 3.57. The molecular formula is C21H31F3N4O3. The Hall–Kier alpha value is -2.04. The number of rotatable bonds is 8. The van der Waals surface area contributed by atoms with E-state index in [9.17, 15) is 13.2 Å². The summed E-state index contributed by atoms with van der Waals surface area (Å²) in [5.74, 6) is 0.453. The van der Waals surface area contributed by atoms with Gasteiger partial charge in [-0.25, -0.2) is 0 Å². The van der Waals surface area contributed by atoms with E-state index < -0.39 is 11.7 Å². The number of ether oxygens (including phenoxy) is 3. The maximum absolute atomic E-state index is 13.7. The van der Waals surface area contributed by atoms with E-state index in [-0.39, 0.29) is 18.2 Å². The van der Waals surface area contributed by atoms with Crippen molar-refractivity contribution in [2.24, 2.45) is 4.99 Å². The standard InChI is InChI=1S/C21H31F3N4O3/c1-25-20(26-6-2-9-31-18-5-10-30-15-18)27-14-16-3-4-17(13-19(16)21(22,23)24)28-7-11-29-12-8-28/h3-4,13,18H,2,5-12,14-15H2,1H3,(H2,25,26,27). The van der Waals surface area contributed by atoms with Crippen LogP contribution in [-0.2, 0) is 26.9 Å². The van der Waals surface area contributed by atoms with Crippen molar-refractivity contribution < 1.29 is 27.4 Å². The van der Waals surface area contributed by atoms with E-state index in [1.165, 1.54) is 12.1 Å². The molecule has 7 nitrogen and oxygen atoms in total. The van der Waals surface area contributed by atoms with Crippen LogP contribution in [0.4, 0.5) is 18.9 Å². The van der Waals surface area contributed by atoms with Crippen molar-refractivity contribution in [3.63, 3.8) is 0 Å². The molecule has 2 N–H and O–H groups in total. The third kappa shape index (κ3) is 7.26. The highest BCUT2D eigenvalue weighted by Crippen LogP contribution is 2.35. The van der Waals surface area contributed by atoms with Gasteiger partial charge in [0.1, 0.15) is 0 Å². The molecule has 1 aromatic carbocycles. The fourth-order valence-corrected chi connectivity index (χ4v) is 3.57. The lowest BCUT2D eigenvalue weighted by atomic mass is 10.0. The minimum absolute atomic E-state index is 0.0216. The summed E-state index contributed by atoms with van der Waals surface area (Å²) in [7, 11) is 1.59. The molecule has 0 spiro atoms. The molecule has 0 aromatic heterocycles. The summed E-state index contributed by atoms with van der Waals surface area (Å²) in [5, 5.41) is 6.08. The van der Waals surface area contributed by atoms with Crippen LogP contribution in [0.2, 0.25) is 0 Å². The molecule has 31 heavy (non-hydrogen) atoms. The molecular weight excluding hydrogens is 413 g/mol. The van der Waals surface area contributed by atoms with E-state index in [0.717, 1.165) is 19.4 Å². The molecule has 2 saturated heterocycles. The van der Waals surface area contributed by atoms with Gasteiger partial charge < -0.3 is 29.7 Å². The monoisotopic (exact) mass is 444 g/mol. The number of alkyl halides is 3. The van der Waals surface area contributed by atoms with Gasteiger partial charge in [0.05, 0.1) is 31.5 Å². The summed E-state index contributed by atoms with van der Waals surface area (Å²) in [6.45, 7) is 4.82. The number of anilines is 1. The van der Waals surface area contributed by atoms with Crippen molar-refractivity contribution in [1.82, 2.24) is 10.6 Å². The van der Waals surface area contributed by atoms with E-state index in [0.29, 0.717) is 57.7 Å². The van der Waals surface area contributed by atoms with Gasteiger partial charge in [-0.2, -0.15) is 13.2 Å². The summed E-state index contributed by atoms with van der Waals surface area (Å²) in [6, 6.07) is 4.49. The van der Waals surface area contributed by atoms with Crippen LogP contribution < -0.4 is 15.5 Å². The lowest BCUT2D eigenvalue weighted by molar-refractivity contribution is -0.138. The Labute approximate surface area is 180 Å². The summed E-state index contributed by atoms with van der Waals surface area (Å²) in [5.41, 5.74) is 0.109. The topological polar surface area (TPSA) is 67.4 Å². The van der Waals surface area contributed by atoms with Gasteiger partial charge in [0.2, 0.25) is 0 Å². The zero-order chi connectivity index (χ0) is 22.1. The molecule has 0 radical (unpaired) electrons. The number of hydrogen-bond donors (Lipinski definition) is 2. The molecule has 2 aliphatic rings. The van der Waals surface area contributed by atoms with E-state index in [1.807, 2.05) is 4.90 Å². The molecule has 0 aliphatic carbocycles. The Morgan fingerprint density at radius 1 is 1.19 bits per heavy atom. The zero-order valence-corrected chi connectivity index (χ0v) is 17.8. The van der Waals surface area contributed by atoms with Gasteiger partial charge in [-0.15, -0.1) is 0 Å². The van der Waals surface area contributed by atoms with Crippen molar-refractivity contribution in [2.75, 3.05) is 64.6 Å². The molecule has 0 amide bonds. The predicted octanol–water partition coefficient (Wildman–Crippen LogP) is 2.40. The van der Waals surface area contributed by atoms with E-state index in [4.69, 9.17) is 14.2 Å². The molecule has 2 fully saturated rings. The smallest absolute Gasteiger partial charge is 0.379 e. The van der Waals surface area contributed by atoms with Crippen molar-refractivity contribution in [3.05, 3.63) is 29.3 Å². The van der Waals surface area contributed by atoms with Crippen molar-refractivity contribution in [3.8, 4) is 0 Å². The molecule has 0 saturated carbocycles. The third-order valence-corrected chi connectivity index (χ3v) is 5.30. The lowest BCUT2D eigenvalue weighted by Gasteiger charge is -2.29. The Morgan fingerprint density at radius 2 is 2.00 bits per heavy atom. The van der Waals surface area contributed by atoms with Crippen molar-refractivity contribution >= 4 is 11.6 Å². The first-order valence-corrected chi connectivity index (χ1v) is 10.6. The average molecular weight is 444 g/mol. The number of morpholine rings is 1. The van der Waals surface area contributed by atoms with Crippen LogP contribution in [0.15, 0.2) is 23.2 Å². The van der Waals surface area contributed by atoms with Crippen LogP contribution in [0.5, 0.6) is 0 Å². The molecule has 1 aromatic rings. The molecule has 2 aliphatic heterocycles. The van der Waals surface area contributed by atoms with Crippen LogP contribution in [0.25, 0.3) is 0 Å². The van der Waals surface area contributed by atoms with Crippen LogP contribution in [0.3, 0.4) is 0 Å². The number of hydrogen-bond acceptors (Lipinski definition) is 5. The van der Waals surface area contributed by atoms with Crippen molar-refractivity contribution in [1.29, 1.82) is 0 Å². The SMILES string of the molecule is CN=C(NCCCOC1CCOC1)NCc1ccc(N2CCOCC2)cc1C(F)(F)F. The number of guanidine groups is 1. The van der Waals surface area contributed by atoms with E-state index in [1.54, 1.807) is 13.1 Å². The van der Waals surface area contributed by atoms with Gasteiger partial charge in [0, 0.05) is 52.1 Å². The summed E-state index contributed by atoms with van der Waals surface area (Å²) >= 11 is 0. The molecule has 0 bridgehead atoms. The first-order chi connectivity index (χ1) is 15.0. The Bertz CT molecular complexity index is 718. The molecule has 1 atom stereocenters. The highest BCUT2D eigenvalue weighted by atomic mass is 19.4. The van der Waals surface area contributed by atoms with E-state index >= 15 is 0 Å². The fraction of sp³-hybridized carbons (Fsp3) is 0.667. The van der Waals surface area contributed by atoms with Gasteiger partial charge in [-0.3, -0.25) is 4.99 Å². The second-order valence-electron chi connectivity index (χ2n) is 7.50. The van der Waals surface area contributed by atoms with Gasteiger partial charge in [0.15, 0.2) is 5.96 Å². The quantitative estimate of drug-likeness (QED) is 0.365. The predicted molar refractivity (Wildman–Crippen MR) is 112 cm³/mol. The number of benzene rings is 1. The summed E-state index contributed by atoms with van der Waals surface area (Å²) in [6.07, 6.45) is -2.59. The van der Waals surface area contributed by atoms with Gasteiger partial charge >= 0.3 is 6.18 Å². The molecule has 2 heterocycles. The molecule has 174 valence electrons. The maximum Gasteiger partial charge on any atom is 0.416 e. The van der Waals surface area contributed by atoms with Gasteiger partial charge in [-0.05, 0) is 30.5 Å². The van der Waals surface area contributed by atoms with Crippen LogP contribution in [0, 0.1) is 0 Å². The summed E-state index contributed by atoms with van der Waals surface area (Å²) in [4.78, 5) is 6.00. The van der Waals surface area contributed by atoms with Crippen LogP contribution >= 0.6 is 0 Å². The number of nitrogens with one attached hydrogen (secondary N) is 2. The molecule has 10 heteroatoms. The molecule has 1 unspecified atom stereocenters.